The van der Waals surface area contributed by atoms with Gasteiger partial charge >= 0.3 is 6.61 Å². The number of alkyl halides is 2. The minimum absolute atomic E-state index is 0.0542. The Hall–Kier alpha value is -2.87. The third-order valence-corrected chi connectivity index (χ3v) is 5.82. The topological polar surface area (TPSA) is 67.9 Å². The van der Waals surface area contributed by atoms with Gasteiger partial charge in [-0.3, -0.25) is 9.59 Å². The lowest BCUT2D eigenvalue weighted by Gasteiger charge is -2.30. The van der Waals surface area contributed by atoms with E-state index in [0.29, 0.717) is 16.1 Å². The fourth-order valence-corrected chi connectivity index (χ4v) is 3.86. The summed E-state index contributed by atoms with van der Waals surface area (Å²) in [5.41, 5.74) is 1.02. The summed E-state index contributed by atoms with van der Waals surface area (Å²) in [5, 5.41) is 3.15. The fraction of sp³-hybridized carbons (Fsp3) is 0.440. The van der Waals surface area contributed by atoms with E-state index in [4.69, 9.17) is 16.3 Å². The molecule has 2 amide bonds. The predicted octanol–water partition coefficient (Wildman–Crippen LogP) is 5.29. The van der Waals surface area contributed by atoms with E-state index in [0.717, 1.165) is 12.8 Å². The van der Waals surface area contributed by atoms with Gasteiger partial charge in [-0.2, -0.15) is 8.78 Å². The van der Waals surface area contributed by atoms with Crippen molar-refractivity contribution in [3.05, 3.63) is 58.6 Å². The molecule has 1 N–H and O–H groups in total. The SMILES string of the molecule is CCOc1cc(CN(C(=O)C(NC(=O)c2ccccc2Cl)C(C)C)C2CC2)ccc1OC(F)F. The predicted molar refractivity (Wildman–Crippen MR) is 125 cm³/mol. The zero-order valence-electron chi connectivity index (χ0n) is 19.4. The maximum absolute atomic E-state index is 13.6. The number of amides is 2. The molecule has 0 heterocycles. The highest BCUT2D eigenvalue weighted by Gasteiger charge is 2.37. The molecule has 0 aliphatic heterocycles. The number of nitrogens with zero attached hydrogens (tertiary/aromatic N) is 1. The molecule has 1 aliphatic rings. The lowest BCUT2D eigenvalue weighted by atomic mass is 10.0. The van der Waals surface area contributed by atoms with E-state index in [9.17, 15) is 18.4 Å². The second kappa shape index (κ2) is 11.5. The van der Waals surface area contributed by atoms with Crippen molar-refractivity contribution in [3.63, 3.8) is 0 Å². The summed E-state index contributed by atoms with van der Waals surface area (Å²) in [4.78, 5) is 28.1. The lowest BCUT2D eigenvalue weighted by molar-refractivity contribution is -0.135. The number of nitrogens with one attached hydrogen (secondary N) is 1. The van der Waals surface area contributed by atoms with Crippen LogP contribution in [0, 0.1) is 5.92 Å². The van der Waals surface area contributed by atoms with Crippen LogP contribution in [0.1, 0.15) is 49.5 Å². The van der Waals surface area contributed by atoms with Crippen LogP contribution in [0.3, 0.4) is 0 Å². The van der Waals surface area contributed by atoms with Crippen LogP contribution in [-0.2, 0) is 11.3 Å². The summed E-state index contributed by atoms with van der Waals surface area (Å²) in [7, 11) is 0. The maximum Gasteiger partial charge on any atom is 0.387 e. The number of carbonyl (C=O) groups excluding carboxylic acids is 2. The van der Waals surface area contributed by atoms with Gasteiger partial charge in [0, 0.05) is 12.6 Å². The maximum atomic E-state index is 13.6. The van der Waals surface area contributed by atoms with Crippen LogP contribution in [0.2, 0.25) is 5.02 Å². The molecule has 0 saturated heterocycles. The number of rotatable bonds is 11. The number of ether oxygens (including phenoxy) is 2. The van der Waals surface area contributed by atoms with Crippen LogP contribution >= 0.6 is 11.6 Å². The van der Waals surface area contributed by atoms with Gasteiger partial charge < -0.3 is 19.7 Å². The van der Waals surface area contributed by atoms with Crippen molar-refractivity contribution in [3.8, 4) is 11.5 Å². The summed E-state index contributed by atoms with van der Waals surface area (Å²) >= 11 is 6.15. The Labute approximate surface area is 203 Å². The number of carbonyl (C=O) groups is 2. The zero-order chi connectivity index (χ0) is 24.8. The minimum Gasteiger partial charge on any atom is -0.490 e. The molecule has 0 radical (unpaired) electrons. The third-order valence-electron chi connectivity index (χ3n) is 5.49. The molecule has 184 valence electrons. The Morgan fingerprint density at radius 2 is 1.85 bits per heavy atom. The van der Waals surface area contributed by atoms with Gasteiger partial charge in [0.25, 0.3) is 5.91 Å². The second-order valence-electron chi connectivity index (χ2n) is 8.46. The molecule has 1 saturated carbocycles. The third kappa shape index (κ3) is 6.59. The average Bonchev–Trinajstić information content (AvgIpc) is 3.62. The number of hydrogen-bond acceptors (Lipinski definition) is 4. The van der Waals surface area contributed by atoms with E-state index in [-0.39, 0.29) is 42.5 Å². The Bertz CT molecular complexity index is 1010. The van der Waals surface area contributed by atoms with E-state index < -0.39 is 18.6 Å². The van der Waals surface area contributed by atoms with Gasteiger partial charge in [0.2, 0.25) is 5.91 Å². The van der Waals surface area contributed by atoms with Crippen molar-refractivity contribution in [1.29, 1.82) is 0 Å². The lowest BCUT2D eigenvalue weighted by Crippen LogP contribution is -2.51. The van der Waals surface area contributed by atoms with E-state index in [1.54, 1.807) is 48.2 Å². The Morgan fingerprint density at radius 1 is 1.15 bits per heavy atom. The van der Waals surface area contributed by atoms with E-state index in [2.05, 4.69) is 10.1 Å². The smallest absolute Gasteiger partial charge is 0.387 e. The van der Waals surface area contributed by atoms with Gasteiger partial charge in [0.05, 0.1) is 17.2 Å². The van der Waals surface area contributed by atoms with Crippen molar-refractivity contribution in [2.45, 2.75) is 58.9 Å². The van der Waals surface area contributed by atoms with Crippen LogP contribution < -0.4 is 14.8 Å². The second-order valence-corrected chi connectivity index (χ2v) is 8.87. The molecule has 1 unspecified atom stereocenters. The quantitative estimate of drug-likeness (QED) is 0.461. The summed E-state index contributed by atoms with van der Waals surface area (Å²) in [6.07, 6.45) is 1.72. The monoisotopic (exact) mass is 494 g/mol. The molecule has 34 heavy (non-hydrogen) atoms. The van der Waals surface area contributed by atoms with Gasteiger partial charge in [0.1, 0.15) is 6.04 Å². The van der Waals surface area contributed by atoms with Crippen molar-refractivity contribution in [2.24, 2.45) is 5.92 Å². The first-order valence-electron chi connectivity index (χ1n) is 11.3. The first-order valence-corrected chi connectivity index (χ1v) is 11.7. The van der Waals surface area contributed by atoms with Gasteiger partial charge in [-0.05, 0) is 55.5 Å². The molecule has 1 fully saturated rings. The van der Waals surface area contributed by atoms with Crippen LogP contribution in [0.15, 0.2) is 42.5 Å². The zero-order valence-corrected chi connectivity index (χ0v) is 20.1. The molecule has 2 aromatic carbocycles. The highest BCUT2D eigenvalue weighted by molar-refractivity contribution is 6.33. The largest absolute Gasteiger partial charge is 0.490 e. The summed E-state index contributed by atoms with van der Waals surface area (Å²) in [6.45, 7) is 3.03. The van der Waals surface area contributed by atoms with Crippen LogP contribution in [0.4, 0.5) is 8.78 Å². The Kier molecular flexibility index (Phi) is 8.72. The summed E-state index contributed by atoms with van der Waals surface area (Å²) < 4.78 is 35.4. The standard InChI is InChI=1S/C25H29ClF2N2O4/c1-4-33-21-13-16(9-12-20(21)34-25(27)28)14-30(17-10-11-17)24(32)22(15(2)3)29-23(31)18-7-5-6-8-19(18)26/h5-9,12-13,15,17,22,25H,4,10-11,14H2,1-3H3,(H,29,31). The van der Waals surface area contributed by atoms with Crippen molar-refractivity contribution < 1.29 is 27.8 Å². The molecule has 0 bridgehead atoms. The highest BCUT2D eigenvalue weighted by Crippen LogP contribution is 2.33. The summed E-state index contributed by atoms with van der Waals surface area (Å²) in [5.74, 6) is -0.654. The Balaban J connectivity index is 1.80. The molecular formula is C25H29ClF2N2O4. The Morgan fingerprint density at radius 3 is 2.44 bits per heavy atom. The van der Waals surface area contributed by atoms with E-state index >= 15 is 0 Å². The summed E-state index contributed by atoms with van der Waals surface area (Å²) in [6, 6.07) is 10.6. The van der Waals surface area contributed by atoms with E-state index in [1.165, 1.54) is 6.07 Å². The molecule has 6 nitrogen and oxygen atoms in total. The number of halogens is 3. The average molecular weight is 495 g/mol. The van der Waals surface area contributed by atoms with Gasteiger partial charge in [-0.15, -0.1) is 0 Å². The number of benzene rings is 2. The van der Waals surface area contributed by atoms with Crippen LogP contribution in [0.25, 0.3) is 0 Å². The molecular weight excluding hydrogens is 466 g/mol. The molecule has 1 atom stereocenters. The molecule has 9 heteroatoms. The van der Waals surface area contributed by atoms with Gasteiger partial charge in [0.15, 0.2) is 11.5 Å². The van der Waals surface area contributed by atoms with Gasteiger partial charge in [-0.1, -0.05) is 43.6 Å². The molecule has 0 spiro atoms. The first kappa shape index (κ1) is 25.7. The highest BCUT2D eigenvalue weighted by atomic mass is 35.5. The minimum atomic E-state index is -2.97. The van der Waals surface area contributed by atoms with Crippen LogP contribution in [-0.4, -0.2) is 42.0 Å². The molecule has 2 aromatic rings. The van der Waals surface area contributed by atoms with Crippen molar-refractivity contribution in [1.82, 2.24) is 10.2 Å². The normalized spacial score (nSPS) is 14.1. The molecule has 1 aliphatic carbocycles. The molecule has 3 rings (SSSR count). The van der Waals surface area contributed by atoms with Crippen LogP contribution in [0.5, 0.6) is 11.5 Å². The fourth-order valence-electron chi connectivity index (χ4n) is 3.64. The molecule has 0 aromatic heterocycles. The van der Waals surface area contributed by atoms with Crippen molar-refractivity contribution in [2.75, 3.05) is 6.61 Å². The van der Waals surface area contributed by atoms with Crippen molar-refractivity contribution >= 4 is 23.4 Å². The number of hydrogen-bond donors (Lipinski definition) is 1. The van der Waals surface area contributed by atoms with E-state index in [1.807, 2.05) is 13.8 Å². The first-order chi connectivity index (χ1) is 16.2. The van der Waals surface area contributed by atoms with Gasteiger partial charge in [-0.25, -0.2) is 0 Å².